The van der Waals surface area contributed by atoms with Crippen molar-refractivity contribution in [2.45, 2.75) is 33.7 Å². The quantitative estimate of drug-likeness (QED) is 0.809. The van der Waals surface area contributed by atoms with Crippen molar-refractivity contribution in [2.75, 3.05) is 6.54 Å². The molecule has 0 saturated heterocycles. The molecule has 0 radical (unpaired) electrons. The smallest absolute Gasteiger partial charge is 0.251 e. The molecular formula is C21H26N2O2. The highest BCUT2D eigenvalue weighted by Gasteiger charge is 2.09. The van der Waals surface area contributed by atoms with E-state index >= 15 is 0 Å². The van der Waals surface area contributed by atoms with E-state index in [2.05, 4.69) is 24.5 Å². The van der Waals surface area contributed by atoms with Gasteiger partial charge in [0.05, 0.1) is 0 Å². The van der Waals surface area contributed by atoms with Gasteiger partial charge in [-0.25, -0.2) is 0 Å². The van der Waals surface area contributed by atoms with Crippen LogP contribution >= 0.6 is 0 Å². The molecule has 0 heterocycles. The minimum Gasteiger partial charge on any atom is -0.352 e. The lowest BCUT2D eigenvalue weighted by Crippen LogP contribution is -2.26. The van der Waals surface area contributed by atoms with Gasteiger partial charge >= 0.3 is 0 Å². The summed E-state index contributed by atoms with van der Waals surface area (Å²) in [6, 6.07) is 14.8. The van der Waals surface area contributed by atoms with E-state index in [0.717, 1.165) is 12.0 Å². The number of nitrogens with one attached hydrogen (secondary N) is 2. The molecule has 4 nitrogen and oxygen atoms in total. The first-order valence-electron chi connectivity index (χ1n) is 8.67. The van der Waals surface area contributed by atoms with Crippen molar-refractivity contribution in [1.29, 1.82) is 0 Å². The topological polar surface area (TPSA) is 58.2 Å². The van der Waals surface area contributed by atoms with E-state index in [-0.39, 0.29) is 11.8 Å². The van der Waals surface area contributed by atoms with Crippen molar-refractivity contribution in [3.8, 4) is 0 Å². The Hall–Kier alpha value is -2.62. The van der Waals surface area contributed by atoms with Crippen LogP contribution in [-0.4, -0.2) is 18.4 Å². The molecule has 0 aliphatic rings. The summed E-state index contributed by atoms with van der Waals surface area (Å²) in [6.07, 6.45) is 0.950. The summed E-state index contributed by atoms with van der Waals surface area (Å²) in [4.78, 5) is 24.2. The van der Waals surface area contributed by atoms with Gasteiger partial charge in [0.15, 0.2) is 0 Å². The lowest BCUT2D eigenvalue weighted by Gasteiger charge is -2.08. The Kier molecular flexibility index (Phi) is 6.75. The number of amides is 2. The normalized spacial score (nSPS) is 10.6. The predicted molar refractivity (Wildman–Crippen MR) is 101 cm³/mol. The second kappa shape index (κ2) is 9.02. The Labute approximate surface area is 149 Å². The summed E-state index contributed by atoms with van der Waals surface area (Å²) in [7, 11) is 0. The van der Waals surface area contributed by atoms with Crippen LogP contribution in [0.4, 0.5) is 0 Å². The summed E-state index contributed by atoms with van der Waals surface area (Å²) in [5.74, 6) is 0.305. The molecule has 0 bridgehead atoms. The van der Waals surface area contributed by atoms with Gasteiger partial charge in [-0.15, -0.1) is 0 Å². The lowest BCUT2D eigenvalue weighted by molar-refractivity contribution is 0.0939. The highest BCUT2D eigenvalue weighted by atomic mass is 16.2. The highest BCUT2D eigenvalue weighted by Crippen LogP contribution is 2.07. The van der Waals surface area contributed by atoms with Crippen LogP contribution in [0.3, 0.4) is 0 Å². The van der Waals surface area contributed by atoms with Gasteiger partial charge in [-0.2, -0.15) is 0 Å². The Morgan fingerprint density at radius 3 is 1.88 bits per heavy atom. The monoisotopic (exact) mass is 338 g/mol. The zero-order valence-electron chi connectivity index (χ0n) is 15.1. The van der Waals surface area contributed by atoms with Crippen molar-refractivity contribution in [3.63, 3.8) is 0 Å². The van der Waals surface area contributed by atoms with Crippen LogP contribution in [0.5, 0.6) is 0 Å². The van der Waals surface area contributed by atoms with Crippen molar-refractivity contribution >= 4 is 11.8 Å². The molecule has 0 saturated carbocycles. The van der Waals surface area contributed by atoms with Crippen LogP contribution in [-0.2, 0) is 6.54 Å². The van der Waals surface area contributed by atoms with Gasteiger partial charge in [-0.1, -0.05) is 43.7 Å². The second-order valence-electron chi connectivity index (χ2n) is 6.68. The summed E-state index contributed by atoms with van der Waals surface area (Å²) < 4.78 is 0. The number of aryl methyl sites for hydroxylation is 1. The first kappa shape index (κ1) is 18.7. The van der Waals surface area contributed by atoms with Crippen molar-refractivity contribution in [1.82, 2.24) is 10.6 Å². The molecule has 4 heteroatoms. The van der Waals surface area contributed by atoms with Gasteiger partial charge in [0.25, 0.3) is 11.8 Å². The Morgan fingerprint density at radius 2 is 1.36 bits per heavy atom. The maximum absolute atomic E-state index is 12.2. The zero-order valence-corrected chi connectivity index (χ0v) is 15.1. The lowest BCUT2D eigenvalue weighted by atomic mass is 10.1. The minimum atomic E-state index is -0.146. The second-order valence-corrected chi connectivity index (χ2v) is 6.68. The van der Waals surface area contributed by atoms with Gasteiger partial charge in [0.2, 0.25) is 0 Å². The average molecular weight is 338 g/mol. The Morgan fingerprint density at radius 1 is 0.840 bits per heavy atom. The van der Waals surface area contributed by atoms with E-state index < -0.39 is 0 Å². The maximum Gasteiger partial charge on any atom is 0.251 e. The largest absolute Gasteiger partial charge is 0.352 e. The molecule has 0 spiro atoms. The first-order chi connectivity index (χ1) is 12.0. The fourth-order valence-corrected chi connectivity index (χ4v) is 2.34. The molecule has 2 aromatic rings. The van der Waals surface area contributed by atoms with Gasteiger partial charge in [-0.05, 0) is 49.1 Å². The van der Waals surface area contributed by atoms with Crippen molar-refractivity contribution < 1.29 is 9.59 Å². The zero-order chi connectivity index (χ0) is 18.2. The summed E-state index contributed by atoms with van der Waals surface area (Å²) >= 11 is 0. The molecule has 0 aromatic heterocycles. The fourth-order valence-electron chi connectivity index (χ4n) is 2.34. The van der Waals surface area contributed by atoms with Crippen LogP contribution < -0.4 is 10.6 Å². The minimum absolute atomic E-state index is 0.104. The molecule has 0 fully saturated rings. The number of carbonyl (C=O) groups is 2. The molecule has 0 unspecified atom stereocenters. The summed E-state index contributed by atoms with van der Waals surface area (Å²) in [5.41, 5.74) is 3.36. The molecule has 2 rings (SSSR count). The third-order valence-electron chi connectivity index (χ3n) is 3.99. The van der Waals surface area contributed by atoms with Gasteiger partial charge in [0.1, 0.15) is 0 Å². The van der Waals surface area contributed by atoms with E-state index in [4.69, 9.17) is 0 Å². The Balaban J connectivity index is 1.86. The van der Waals surface area contributed by atoms with Gasteiger partial charge < -0.3 is 10.6 Å². The van der Waals surface area contributed by atoms with Crippen LogP contribution in [0, 0.1) is 12.8 Å². The average Bonchev–Trinajstić information content (AvgIpc) is 2.60. The van der Waals surface area contributed by atoms with Crippen LogP contribution in [0.2, 0.25) is 0 Å². The third-order valence-corrected chi connectivity index (χ3v) is 3.99. The molecular weight excluding hydrogens is 312 g/mol. The standard InChI is InChI=1S/C21H26N2O2/c1-15(2)12-13-22-20(24)18-8-10-19(11-9-18)21(25)23-14-17-6-4-16(3)5-7-17/h4-11,15H,12-14H2,1-3H3,(H,22,24)(H,23,25). The Bertz CT molecular complexity index is 704. The highest BCUT2D eigenvalue weighted by molar-refractivity contribution is 5.97. The van der Waals surface area contributed by atoms with Crippen LogP contribution in [0.15, 0.2) is 48.5 Å². The van der Waals surface area contributed by atoms with Crippen molar-refractivity contribution in [3.05, 3.63) is 70.8 Å². The number of benzene rings is 2. The third kappa shape index (κ3) is 6.07. The molecule has 2 aromatic carbocycles. The number of hydrogen-bond donors (Lipinski definition) is 2. The van der Waals surface area contributed by atoms with E-state index in [0.29, 0.717) is 30.1 Å². The van der Waals surface area contributed by atoms with E-state index in [1.807, 2.05) is 31.2 Å². The fraction of sp³-hybridized carbons (Fsp3) is 0.333. The van der Waals surface area contributed by atoms with Gasteiger partial charge in [-0.3, -0.25) is 9.59 Å². The predicted octanol–water partition coefficient (Wildman–Crippen LogP) is 3.70. The van der Waals surface area contributed by atoms with Crippen LogP contribution in [0.1, 0.15) is 52.1 Å². The molecule has 2 amide bonds. The van der Waals surface area contributed by atoms with Gasteiger partial charge in [0, 0.05) is 24.2 Å². The first-order valence-corrected chi connectivity index (χ1v) is 8.67. The molecule has 0 atom stereocenters. The number of rotatable bonds is 7. The van der Waals surface area contributed by atoms with E-state index in [1.54, 1.807) is 24.3 Å². The molecule has 0 aliphatic heterocycles. The molecule has 132 valence electrons. The number of hydrogen-bond acceptors (Lipinski definition) is 2. The van der Waals surface area contributed by atoms with Crippen LogP contribution in [0.25, 0.3) is 0 Å². The summed E-state index contributed by atoms with van der Waals surface area (Å²) in [6.45, 7) is 7.42. The SMILES string of the molecule is Cc1ccc(CNC(=O)c2ccc(C(=O)NCCC(C)C)cc2)cc1. The molecule has 25 heavy (non-hydrogen) atoms. The van der Waals surface area contributed by atoms with Crippen molar-refractivity contribution in [2.24, 2.45) is 5.92 Å². The summed E-state index contributed by atoms with van der Waals surface area (Å²) in [5, 5.41) is 5.78. The van der Waals surface area contributed by atoms with E-state index in [9.17, 15) is 9.59 Å². The number of carbonyl (C=O) groups excluding carboxylic acids is 2. The maximum atomic E-state index is 12.2. The van der Waals surface area contributed by atoms with E-state index in [1.165, 1.54) is 5.56 Å². The molecule has 0 aliphatic carbocycles. The molecule has 2 N–H and O–H groups in total.